The molecule has 1 aromatic carbocycles. The van der Waals surface area contributed by atoms with Crippen LogP contribution in [0.5, 0.6) is 0 Å². The van der Waals surface area contributed by atoms with Gasteiger partial charge in [-0.1, -0.05) is 36.2 Å². The van der Waals surface area contributed by atoms with Crippen LogP contribution >= 0.6 is 0 Å². The molecule has 1 saturated carbocycles. The molecule has 1 saturated heterocycles. The topological polar surface area (TPSA) is 46.5 Å². The van der Waals surface area contributed by atoms with Crippen LogP contribution in [0.25, 0.3) is 0 Å². The van der Waals surface area contributed by atoms with Gasteiger partial charge in [-0.15, -0.1) is 0 Å². The summed E-state index contributed by atoms with van der Waals surface area (Å²) in [5.74, 6) is -0.655. The highest BCUT2D eigenvalue weighted by atomic mass is 16.5. The second-order valence-electron chi connectivity index (χ2n) is 5.68. The fourth-order valence-corrected chi connectivity index (χ4v) is 3.33. The Kier molecular flexibility index (Phi) is 2.49. The van der Waals surface area contributed by atoms with E-state index >= 15 is 0 Å². The molecule has 1 N–H and O–H groups in total. The molecule has 3 nitrogen and oxygen atoms in total. The average molecular weight is 246 g/mol. The van der Waals surface area contributed by atoms with Gasteiger partial charge in [-0.3, -0.25) is 4.79 Å². The lowest BCUT2D eigenvalue weighted by atomic mass is 9.49. The Bertz CT molecular complexity index is 467. The van der Waals surface area contributed by atoms with Crippen molar-refractivity contribution in [1.29, 1.82) is 0 Å². The molecule has 3 rings (SSSR count). The van der Waals surface area contributed by atoms with Crippen LogP contribution in [0.2, 0.25) is 0 Å². The number of ether oxygens (including phenoxy) is 1. The quantitative estimate of drug-likeness (QED) is 0.891. The summed E-state index contributed by atoms with van der Waals surface area (Å²) in [5.41, 5.74) is 1.43. The predicted molar refractivity (Wildman–Crippen MR) is 67.6 cm³/mol. The molecule has 2 aliphatic rings. The van der Waals surface area contributed by atoms with E-state index in [9.17, 15) is 9.90 Å². The molecule has 18 heavy (non-hydrogen) atoms. The van der Waals surface area contributed by atoms with Crippen LogP contribution in [-0.2, 0) is 14.9 Å². The fourth-order valence-electron chi connectivity index (χ4n) is 3.33. The van der Waals surface area contributed by atoms with E-state index in [0.29, 0.717) is 13.2 Å². The fraction of sp³-hybridized carbons (Fsp3) is 0.533. The van der Waals surface area contributed by atoms with Crippen LogP contribution in [0.1, 0.15) is 30.4 Å². The molecule has 0 bridgehead atoms. The maximum Gasteiger partial charge on any atom is 0.310 e. The minimum atomic E-state index is -0.655. The summed E-state index contributed by atoms with van der Waals surface area (Å²) in [5, 5.41) is 9.64. The van der Waals surface area contributed by atoms with Gasteiger partial charge in [0.2, 0.25) is 0 Å². The van der Waals surface area contributed by atoms with Gasteiger partial charge in [-0.2, -0.15) is 0 Å². The Morgan fingerprint density at radius 1 is 1.22 bits per heavy atom. The Morgan fingerprint density at radius 2 is 1.83 bits per heavy atom. The molecule has 1 aliphatic heterocycles. The van der Waals surface area contributed by atoms with Crippen molar-refractivity contribution in [2.24, 2.45) is 5.41 Å². The first kappa shape index (κ1) is 11.7. The number of rotatable bonds is 3. The van der Waals surface area contributed by atoms with E-state index in [2.05, 4.69) is 24.3 Å². The second-order valence-corrected chi connectivity index (χ2v) is 5.68. The Morgan fingerprint density at radius 3 is 2.17 bits per heavy atom. The van der Waals surface area contributed by atoms with Crippen molar-refractivity contribution < 1.29 is 14.6 Å². The Hall–Kier alpha value is -1.35. The first-order valence-electron chi connectivity index (χ1n) is 6.49. The molecule has 1 aliphatic carbocycles. The summed E-state index contributed by atoms with van der Waals surface area (Å²) < 4.78 is 5.39. The monoisotopic (exact) mass is 246 g/mol. The number of aliphatic carboxylic acids is 1. The van der Waals surface area contributed by atoms with Gasteiger partial charge in [-0.05, 0) is 25.3 Å². The molecule has 0 unspecified atom stereocenters. The van der Waals surface area contributed by atoms with Crippen LogP contribution in [0, 0.1) is 12.3 Å². The summed E-state index contributed by atoms with van der Waals surface area (Å²) >= 11 is 0. The first-order chi connectivity index (χ1) is 8.61. The first-order valence-corrected chi connectivity index (χ1v) is 6.49. The zero-order valence-electron chi connectivity index (χ0n) is 10.6. The molecular weight excluding hydrogens is 228 g/mol. The predicted octanol–water partition coefficient (Wildman–Crippen LogP) is 2.52. The minimum Gasteiger partial charge on any atom is -0.481 e. The zero-order chi connectivity index (χ0) is 12.8. The second kappa shape index (κ2) is 3.82. The van der Waals surface area contributed by atoms with Crippen LogP contribution < -0.4 is 0 Å². The molecule has 0 radical (unpaired) electrons. The molecule has 96 valence electrons. The van der Waals surface area contributed by atoms with E-state index in [1.807, 2.05) is 6.92 Å². The third kappa shape index (κ3) is 1.31. The molecule has 0 amide bonds. The van der Waals surface area contributed by atoms with E-state index in [-0.39, 0.29) is 5.41 Å². The third-order valence-electron chi connectivity index (χ3n) is 4.83. The Labute approximate surface area is 107 Å². The SMILES string of the molecule is Cc1ccc(C2(C3(C(=O)O)CCC3)COC2)cc1. The van der Waals surface area contributed by atoms with Crippen molar-refractivity contribution in [3.05, 3.63) is 35.4 Å². The number of carbonyl (C=O) groups is 1. The van der Waals surface area contributed by atoms with E-state index in [1.54, 1.807) is 0 Å². The summed E-state index contributed by atoms with van der Waals surface area (Å²) in [6.45, 7) is 3.13. The van der Waals surface area contributed by atoms with Gasteiger partial charge in [0, 0.05) is 0 Å². The largest absolute Gasteiger partial charge is 0.481 e. The van der Waals surface area contributed by atoms with Crippen LogP contribution in [0.15, 0.2) is 24.3 Å². The van der Waals surface area contributed by atoms with Gasteiger partial charge in [0.15, 0.2) is 0 Å². The maximum atomic E-state index is 11.7. The van der Waals surface area contributed by atoms with Gasteiger partial charge in [-0.25, -0.2) is 0 Å². The lowest BCUT2D eigenvalue weighted by molar-refractivity contribution is -0.192. The maximum absolute atomic E-state index is 11.7. The average Bonchev–Trinajstić information content (AvgIpc) is 2.21. The standard InChI is InChI=1S/C15H18O3/c1-11-3-5-12(6-4-11)15(9-18-10-15)14(13(16)17)7-2-8-14/h3-6H,2,7-10H2,1H3,(H,16,17). The smallest absolute Gasteiger partial charge is 0.310 e. The number of benzene rings is 1. The van der Waals surface area contributed by atoms with E-state index in [0.717, 1.165) is 24.8 Å². The van der Waals surface area contributed by atoms with Gasteiger partial charge < -0.3 is 9.84 Å². The van der Waals surface area contributed by atoms with E-state index in [4.69, 9.17) is 4.74 Å². The highest BCUT2D eigenvalue weighted by molar-refractivity contribution is 5.79. The van der Waals surface area contributed by atoms with Crippen molar-refractivity contribution in [2.75, 3.05) is 13.2 Å². The summed E-state index contributed by atoms with van der Waals surface area (Å²) in [4.78, 5) is 11.7. The number of aryl methyl sites for hydroxylation is 1. The highest BCUT2D eigenvalue weighted by Crippen LogP contribution is 2.58. The number of hydrogen-bond donors (Lipinski definition) is 1. The Balaban J connectivity index is 2.04. The van der Waals surface area contributed by atoms with Gasteiger partial charge >= 0.3 is 5.97 Å². The molecule has 1 aromatic rings. The van der Waals surface area contributed by atoms with E-state index in [1.165, 1.54) is 5.56 Å². The van der Waals surface area contributed by atoms with E-state index < -0.39 is 11.4 Å². The minimum absolute atomic E-state index is 0.301. The lowest BCUT2D eigenvalue weighted by Gasteiger charge is -2.57. The highest BCUT2D eigenvalue weighted by Gasteiger charge is 2.64. The molecule has 3 heteroatoms. The van der Waals surface area contributed by atoms with Crippen LogP contribution in [-0.4, -0.2) is 24.3 Å². The zero-order valence-corrected chi connectivity index (χ0v) is 10.6. The van der Waals surface area contributed by atoms with Crippen molar-refractivity contribution in [1.82, 2.24) is 0 Å². The molecule has 0 spiro atoms. The summed E-state index contributed by atoms with van der Waals surface area (Å²) in [6, 6.07) is 8.26. The van der Waals surface area contributed by atoms with Crippen LogP contribution in [0.4, 0.5) is 0 Å². The third-order valence-corrected chi connectivity index (χ3v) is 4.83. The molecule has 0 aromatic heterocycles. The molecule has 2 fully saturated rings. The van der Waals surface area contributed by atoms with Gasteiger partial charge in [0.25, 0.3) is 0 Å². The molecular formula is C15H18O3. The number of hydrogen-bond acceptors (Lipinski definition) is 2. The van der Waals surface area contributed by atoms with Crippen molar-refractivity contribution >= 4 is 5.97 Å². The van der Waals surface area contributed by atoms with Gasteiger partial charge in [0.05, 0.1) is 24.0 Å². The van der Waals surface area contributed by atoms with Crippen LogP contribution in [0.3, 0.4) is 0 Å². The summed E-state index contributed by atoms with van der Waals surface area (Å²) in [7, 11) is 0. The van der Waals surface area contributed by atoms with Crippen molar-refractivity contribution in [3.8, 4) is 0 Å². The molecule has 0 atom stereocenters. The van der Waals surface area contributed by atoms with Crippen molar-refractivity contribution in [3.63, 3.8) is 0 Å². The molecule has 1 heterocycles. The number of carboxylic acids is 1. The van der Waals surface area contributed by atoms with Gasteiger partial charge in [0.1, 0.15) is 0 Å². The summed E-state index contributed by atoms with van der Waals surface area (Å²) in [6.07, 6.45) is 2.57. The number of carboxylic acid groups (broad SMARTS) is 1. The normalized spacial score (nSPS) is 23.8. The lowest BCUT2D eigenvalue weighted by Crippen LogP contribution is -2.64. The van der Waals surface area contributed by atoms with Crippen molar-refractivity contribution in [2.45, 2.75) is 31.6 Å².